The van der Waals surface area contributed by atoms with Crippen molar-refractivity contribution in [1.82, 2.24) is 0 Å². The summed E-state index contributed by atoms with van der Waals surface area (Å²) in [6, 6.07) is 12.0. The summed E-state index contributed by atoms with van der Waals surface area (Å²) >= 11 is 0. The first-order valence-electron chi connectivity index (χ1n) is 8.48. The SMILES string of the molecule is N=C/C(=C\N)c1ccc(N2CCC3(Cc4cc(F)ccc4N3)C2=O)cc1. The second-order valence-corrected chi connectivity index (χ2v) is 6.71. The van der Waals surface area contributed by atoms with Gasteiger partial charge in [0.1, 0.15) is 11.4 Å². The number of hydrogen-bond donors (Lipinski definition) is 3. The zero-order valence-electron chi connectivity index (χ0n) is 14.1. The van der Waals surface area contributed by atoms with E-state index in [9.17, 15) is 9.18 Å². The normalized spacial score (nSPS) is 21.8. The van der Waals surface area contributed by atoms with Gasteiger partial charge in [-0.3, -0.25) is 4.79 Å². The van der Waals surface area contributed by atoms with Gasteiger partial charge in [0, 0.05) is 42.3 Å². The van der Waals surface area contributed by atoms with Crippen LogP contribution in [0.15, 0.2) is 48.7 Å². The summed E-state index contributed by atoms with van der Waals surface area (Å²) in [6.45, 7) is 0.603. The lowest BCUT2D eigenvalue weighted by Crippen LogP contribution is -2.45. The lowest BCUT2D eigenvalue weighted by Gasteiger charge is -2.24. The molecule has 0 bridgehead atoms. The van der Waals surface area contributed by atoms with Crippen LogP contribution in [0.5, 0.6) is 0 Å². The van der Waals surface area contributed by atoms with E-state index in [2.05, 4.69) is 5.32 Å². The molecule has 132 valence electrons. The fourth-order valence-electron chi connectivity index (χ4n) is 3.81. The second kappa shape index (κ2) is 5.98. The van der Waals surface area contributed by atoms with Crippen molar-refractivity contribution in [3.8, 4) is 0 Å². The summed E-state index contributed by atoms with van der Waals surface area (Å²) in [5, 5.41) is 10.7. The number of nitrogens with one attached hydrogen (secondary N) is 2. The number of amides is 1. The maximum atomic E-state index is 13.5. The van der Waals surface area contributed by atoms with E-state index in [1.54, 1.807) is 11.0 Å². The molecule has 4 rings (SSSR count). The Hall–Kier alpha value is -3.15. The molecule has 2 aromatic rings. The number of anilines is 2. The summed E-state index contributed by atoms with van der Waals surface area (Å²) in [5.41, 5.74) is 8.76. The van der Waals surface area contributed by atoms with Gasteiger partial charge in [0.25, 0.3) is 5.91 Å². The maximum absolute atomic E-state index is 13.5. The highest BCUT2D eigenvalue weighted by molar-refractivity contribution is 6.09. The van der Waals surface area contributed by atoms with E-state index >= 15 is 0 Å². The van der Waals surface area contributed by atoms with Gasteiger partial charge >= 0.3 is 0 Å². The molecule has 2 heterocycles. The molecule has 0 radical (unpaired) electrons. The number of carbonyl (C=O) groups is 1. The van der Waals surface area contributed by atoms with E-state index in [0.29, 0.717) is 25.0 Å². The van der Waals surface area contributed by atoms with Crippen molar-refractivity contribution in [2.75, 3.05) is 16.8 Å². The van der Waals surface area contributed by atoms with Crippen LogP contribution in [-0.4, -0.2) is 24.2 Å². The molecule has 4 N–H and O–H groups in total. The quantitative estimate of drug-likeness (QED) is 0.745. The highest BCUT2D eigenvalue weighted by atomic mass is 19.1. The molecular formula is C20H19FN4O. The molecule has 1 atom stereocenters. The van der Waals surface area contributed by atoms with Crippen molar-refractivity contribution in [2.24, 2.45) is 5.73 Å². The summed E-state index contributed by atoms with van der Waals surface area (Å²) in [4.78, 5) is 14.9. The first-order chi connectivity index (χ1) is 12.6. The van der Waals surface area contributed by atoms with Gasteiger partial charge in [-0.25, -0.2) is 4.39 Å². The molecule has 0 aromatic heterocycles. The Morgan fingerprint density at radius 3 is 2.73 bits per heavy atom. The first-order valence-corrected chi connectivity index (χ1v) is 8.48. The standard InChI is InChI=1S/C20H19FN4O/c21-16-3-6-18-14(9-16)10-20(24-18)7-8-25(19(20)26)17-4-1-13(2-5-17)15(11-22)12-23/h1-6,9,11-12,22,24H,7-8,10,23H2/b15-12+,22-11?. The van der Waals surface area contributed by atoms with Crippen molar-refractivity contribution in [3.05, 3.63) is 65.6 Å². The molecule has 2 aliphatic heterocycles. The minimum atomic E-state index is -0.688. The highest BCUT2D eigenvalue weighted by Gasteiger charge is 2.50. The van der Waals surface area contributed by atoms with E-state index in [1.165, 1.54) is 24.5 Å². The first kappa shape index (κ1) is 16.3. The minimum Gasteiger partial charge on any atom is -0.404 e. The van der Waals surface area contributed by atoms with Gasteiger partial charge in [0.05, 0.1) is 0 Å². The minimum absolute atomic E-state index is 0.00324. The highest BCUT2D eigenvalue weighted by Crippen LogP contribution is 2.40. The van der Waals surface area contributed by atoms with Crippen molar-refractivity contribution < 1.29 is 9.18 Å². The third kappa shape index (κ3) is 2.45. The maximum Gasteiger partial charge on any atom is 0.253 e. The van der Waals surface area contributed by atoms with Gasteiger partial charge in [-0.1, -0.05) is 12.1 Å². The molecule has 1 saturated heterocycles. The monoisotopic (exact) mass is 350 g/mol. The molecule has 1 unspecified atom stereocenters. The van der Waals surface area contributed by atoms with Crippen LogP contribution < -0.4 is 16.0 Å². The molecule has 1 amide bonds. The Balaban J connectivity index is 1.58. The largest absolute Gasteiger partial charge is 0.404 e. The van der Waals surface area contributed by atoms with Crippen LogP contribution in [-0.2, 0) is 11.2 Å². The summed E-state index contributed by atoms with van der Waals surface area (Å²) in [5.74, 6) is -0.279. The van der Waals surface area contributed by atoms with Gasteiger partial charge in [0.2, 0.25) is 0 Å². The molecule has 6 heteroatoms. The smallest absolute Gasteiger partial charge is 0.253 e. The number of halogens is 1. The van der Waals surface area contributed by atoms with Gasteiger partial charge in [-0.05, 0) is 47.9 Å². The van der Waals surface area contributed by atoms with Crippen LogP contribution in [0, 0.1) is 11.2 Å². The predicted molar refractivity (Wildman–Crippen MR) is 101 cm³/mol. The number of nitrogens with two attached hydrogens (primary N) is 1. The number of benzene rings is 2. The Bertz CT molecular complexity index is 922. The molecule has 0 aliphatic carbocycles. The van der Waals surface area contributed by atoms with Crippen LogP contribution in [0.2, 0.25) is 0 Å². The van der Waals surface area contributed by atoms with Gasteiger partial charge in [-0.15, -0.1) is 0 Å². The van der Waals surface area contributed by atoms with E-state index in [1.807, 2.05) is 24.3 Å². The lowest BCUT2D eigenvalue weighted by atomic mass is 9.93. The number of rotatable bonds is 3. The van der Waals surface area contributed by atoms with Gasteiger partial charge in [-0.2, -0.15) is 0 Å². The molecule has 26 heavy (non-hydrogen) atoms. The average Bonchev–Trinajstić information content (AvgIpc) is 3.17. The van der Waals surface area contributed by atoms with Crippen molar-refractivity contribution in [3.63, 3.8) is 0 Å². The third-order valence-electron chi connectivity index (χ3n) is 5.20. The molecule has 1 spiro atoms. The van der Waals surface area contributed by atoms with Gasteiger partial charge < -0.3 is 21.4 Å². The molecule has 2 aliphatic rings. The third-order valence-corrected chi connectivity index (χ3v) is 5.20. The van der Waals surface area contributed by atoms with Crippen molar-refractivity contribution in [1.29, 1.82) is 5.41 Å². The van der Waals surface area contributed by atoms with E-state index in [4.69, 9.17) is 11.1 Å². The fourth-order valence-corrected chi connectivity index (χ4v) is 3.81. The zero-order valence-corrected chi connectivity index (χ0v) is 14.1. The Kier molecular flexibility index (Phi) is 3.76. The molecule has 5 nitrogen and oxygen atoms in total. The summed E-state index contributed by atoms with van der Waals surface area (Å²) in [7, 11) is 0. The zero-order chi connectivity index (χ0) is 18.3. The second-order valence-electron chi connectivity index (χ2n) is 6.71. The number of allylic oxidation sites excluding steroid dienone is 1. The van der Waals surface area contributed by atoms with E-state index in [-0.39, 0.29) is 11.7 Å². The van der Waals surface area contributed by atoms with Crippen molar-refractivity contribution >= 4 is 29.1 Å². The van der Waals surface area contributed by atoms with Gasteiger partial charge in [0.15, 0.2) is 0 Å². The van der Waals surface area contributed by atoms with Crippen LogP contribution in [0.3, 0.4) is 0 Å². The molecule has 2 aromatic carbocycles. The fraction of sp³-hybridized carbons (Fsp3) is 0.200. The number of nitrogens with zero attached hydrogens (tertiary/aromatic N) is 1. The summed E-state index contributed by atoms with van der Waals surface area (Å²) in [6.07, 6.45) is 3.75. The average molecular weight is 350 g/mol. The number of hydrogen-bond acceptors (Lipinski definition) is 4. The number of carbonyl (C=O) groups excluding carboxylic acids is 1. The molecule has 1 fully saturated rings. The van der Waals surface area contributed by atoms with Crippen LogP contribution in [0.25, 0.3) is 5.57 Å². The predicted octanol–water partition coefficient (Wildman–Crippen LogP) is 2.92. The van der Waals surface area contributed by atoms with E-state index in [0.717, 1.165) is 22.5 Å². The molecular weight excluding hydrogens is 331 g/mol. The topological polar surface area (TPSA) is 82.2 Å². The Labute approximate surface area is 150 Å². The molecule has 0 saturated carbocycles. The lowest BCUT2D eigenvalue weighted by molar-refractivity contribution is -0.120. The van der Waals surface area contributed by atoms with Crippen LogP contribution in [0.1, 0.15) is 17.5 Å². The van der Waals surface area contributed by atoms with Crippen LogP contribution in [0.4, 0.5) is 15.8 Å². The van der Waals surface area contributed by atoms with Crippen molar-refractivity contribution in [2.45, 2.75) is 18.4 Å². The van der Waals surface area contributed by atoms with E-state index < -0.39 is 5.54 Å². The van der Waals surface area contributed by atoms with Crippen LogP contribution >= 0.6 is 0 Å². The number of fused-ring (bicyclic) bond motifs is 1. The Morgan fingerprint density at radius 2 is 2.04 bits per heavy atom. The Morgan fingerprint density at radius 1 is 1.27 bits per heavy atom. The summed E-state index contributed by atoms with van der Waals surface area (Å²) < 4.78 is 13.5.